The SMILES string of the molecule is O=c1oc2cc(CN3CCCCC3)ccc2cc1-c1nc2ccccc2s1. The second-order valence-corrected chi connectivity index (χ2v) is 8.17. The van der Waals surface area contributed by atoms with Crippen LogP contribution in [0.2, 0.25) is 0 Å². The fourth-order valence-electron chi connectivity index (χ4n) is 3.77. The number of thiazole rings is 1. The maximum atomic E-state index is 12.6. The second-order valence-electron chi connectivity index (χ2n) is 7.14. The highest BCUT2D eigenvalue weighted by atomic mass is 32.1. The monoisotopic (exact) mass is 376 g/mol. The molecule has 1 aliphatic heterocycles. The minimum Gasteiger partial charge on any atom is -0.422 e. The molecule has 0 aliphatic carbocycles. The van der Waals surface area contributed by atoms with Gasteiger partial charge in [0, 0.05) is 11.9 Å². The minimum absolute atomic E-state index is 0.323. The summed E-state index contributed by atoms with van der Waals surface area (Å²) < 4.78 is 6.74. The highest BCUT2D eigenvalue weighted by molar-refractivity contribution is 7.21. The maximum absolute atomic E-state index is 12.6. The molecule has 4 aromatic rings. The van der Waals surface area contributed by atoms with Gasteiger partial charge >= 0.3 is 5.63 Å². The number of likely N-dealkylation sites (tertiary alicyclic amines) is 1. The fraction of sp³-hybridized carbons (Fsp3) is 0.273. The summed E-state index contributed by atoms with van der Waals surface area (Å²) in [5, 5.41) is 1.65. The fourth-order valence-corrected chi connectivity index (χ4v) is 4.74. The summed E-state index contributed by atoms with van der Waals surface area (Å²) in [7, 11) is 0. The van der Waals surface area contributed by atoms with Gasteiger partial charge in [0.15, 0.2) is 0 Å². The Morgan fingerprint density at radius 2 is 1.89 bits per heavy atom. The van der Waals surface area contributed by atoms with E-state index in [1.165, 1.54) is 36.2 Å². The van der Waals surface area contributed by atoms with E-state index in [9.17, 15) is 4.79 Å². The quantitative estimate of drug-likeness (QED) is 0.469. The van der Waals surface area contributed by atoms with Crippen LogP contribution in [0.25, 0.3) is 31.8 Å². The van der Waals surface area contributed by atoms with Gasteiger partial charge in [-0.25, -0.2) is 9.78 Å². The number of benzene rings is 2. The Kier molecular flexibility index (Phi) is 4.26. The molecule has 3 heterocycles. The van der Waals surface area contributed by atoms with E-state index < -0.39 is 0 Å². The van der Waals surface area contributed by atoms with Crippen molar-refractivity contribution < 1.29 is 4.42 Å². The minimum atomic E-state index is -0.323. The summed E-state index contributed by atoms with van der Waals surface area (Å²) in [4.78, 5) is 19.7. The number of piperidine rings is 1. The molecular formula is C22H20N2O2S. The largest absolute Gasteiger partial charge is 0.422 e. The Labute approximate surface area is 161 Å². The van der Waals surface area contributed by atoms with Gasteiger partial charge in [0.2, 0.25) is 0 Å². The summed E-state index contributed by atoms with van der Waals surface area (Å²) in [6.07, 6.45) is 3.88. The van der Waals surface area contributed by atoms with Crippen LogP contribution in [0.3, 0.4) is 0 Å². The first-order chi connectivity index (χ1) is 13.3. The van der Waals surface area contributed by atoms with Crippen molar-refractivity contribution in [3.63, 3.8) is 0 Å². The van der Waals surface area contributed by atoms with Crippen molar-refractivity contribution in [2.75, 3.05) is 13.1 Å². The van der Waals surface area contributed by atoms with E-state index in [1.54, 1.807) is 0 Å². The van der Waals surface area contributed by atoms with E-state index in [4.69, 9.17) is 4.42 Å². The number of aromatic nitrogens is 1. The van der Waals surface area contributed by atoms with Crippen LogP contribution in [-0.2, 0) is 6.54 Å². The lowest BCUT2D eigenvalue weighted by atomic mass is 10.1. The van der Waals surface area contributed by atoms with Crippen LogP contribution in [0, 0.1) is 0 Å². The normalized spacial score (nSPS) is 15.6. The molecule has 0 atom stereocenters. The van der Waals surface area contributed by atoms with Crippen LogP contribution in [0.4, 0.5) is 0 Å². The Balaban J connectivity index is 1.51. The summed E-state index contributed by atoms with van der Waals surface area (Å²) >= 11 is 1.52. The van der Waals surface area contributed by atoms with Crippen molar-refractivity contribution in [2.45, 2.75) is 25.8 Å². The van der Waals surface area contributed by atoms with E-state index in [2.05, 4.69) is 16.0 Å². The van der Waals surface area contributed by atoms with E-state index in [0.717, 1.165) is 35.2 Å². The van der Waals surface area contributed by atoms with Crippen LogP contribution < -0.4 is 5.63 Å². The van der Waals surface area contributed by atoms with Gasteiger partial charge in [-0.3, -0.25) is 4.90 Å². The standard InChI is InChI=1S/C22H20N2O2S/c25-22-17(21-23-18-6-2-3-7-20(18)27-21)13-16-9-8-15(12-19(16)26-22)14-24-10-4-1-5-11-24/h2-3,6-9,12-13H,1,4-5,10-11,14H2. The zero-order valence-electron chi connectivity index (χ0n) is 15.0. The molecule has 1 saturated heterocycles. The molecule has 5 rings (SSSR count). The summed E-state index contributed by atoms with van der Waals surface area (Å²) in [5.74, 6) is 0. The number of fused-ring (bicyclic) bond motifs is 2. The third-order valence-electron chi connectivity index (χ3n) is 5.18. The van der Waals surface area contributed by atoms with Gasteiger partial charge in [0.05, 0.1) is 15.8 Å². The first-order valence-corrected chi connectivity index (χ1v) is 10.2. The molecule has 0 saturated carbocycles. The molecule has 0 unspecified atom stereocenters. The number of hydrogen-bond donors (Lipinski definition) is 0. The number of para-hydroxylation sites is 1. The second kappa shape index (κ2) is 6.91. The molecule has 27 heavy (non-hydrogen) atoms. The zero-order valence-corrected chi connectivity index (χ0v) is 15.8. The van der Waals surface area contributed by atoms with Crippen LogP contribution in [-0.4, -0.2) is 23.0 Å². The third kappa shape index (κ3) is 3.29. The Morgan fingerprint density at radius 1 is 1.04 bits per heavy atom. The molecule has 2 aromatic heterocycles. The lowest BCUT2D eigenvalue weighted by Crippen LogP contribution is -2.29. The van der Waals surface area contributed by atoms with Crippen LogP contribution in [0.15, 0.2) is 57.7 Å². The van der Waals surface area contributed by atoms with Crippen molar-refractivity contribution in [3.8, 4) is 10.6 Å². The third-order valence-corrected chi connectivity index (χ3v) is 6.25. The summed E-state index contributed by atoms with van der Waals surface area (Å²) in [5.41, 5.74) is 2.97. The van der Waals surface area contributed by atoms with E-state index >= 15 is 0 Å². The van der Waals surface area contributed by atoms with E-state index in [1.807, 2.05) is 42.5 Å². The van der Waals surface area contributed by atoms with Crippen LogP contribution in [0.5, 0.6) is 0 Å². The summed E-state index contributed by atoms with van der Waals surface area (Å²) in [6, 6.07) is 16.0. The van der Waals surface area contributed by atoms with Gasteiger partial charge in [0.25, 0.3) is 0 Å². The van der Waals surface area contributed by atoms with Crippen molar-refractivity contribution in [1.82, 2.24) is 9.88 Å². The lowest BCUT2D eigenvalue weighted by Gasteiger charge is -2.26. The molecule has 0 spiro atoms. The molecular weight excluding hydrogens is 356 g/mol. The maximum Gasteiger partial charge on any atom is 0.346 e. The predicted octanol–water partition coefficient (Wildman–Crippen LogP) is 5.06. The van der Waals surface area contributed by atoms with E-state index in [-0.39, 0.29) is 5.63 Å². The average Bonchev–Trinajstić information content (AvgIpc) is 3.12. The predicted molar refractivity (Wildman–Crippen MR) is 110 cm³/mol. The van der Waals surface area contributed by atoms with Gasteiger partial charge < -0.3 is 4.42 Å². The van der Waals surface area contributed by atoms with Crippen molar-refractivity contribution in [1.29, 1.82) is 0 Å². The molecule has 0 radical (unpaired) electrons. The topological polar surface area (TPSA) is 46.3 Å². The van der Waals surface area contributed by atoms with Gasteiger partial charge in [-0.2, -0.15) is 0 Å². The highest BCUT2D eigenvalue weighted by Crippen LogP contribution is 2.30. The van der Waals surface area contributed by atoms with Gasteiger partial charge in [0.1, 0.15) is 10.6 Å². The molecule has 1 aliphatic rings. The average molecular weight is 376 g/mol. The Bertz CT molecular complexity index is 1140. The Morgan fingerprint density at radius 3 is 2.74 bits per heavy atom. The highest BCUT2D eigenvalue weighted by Gasteiger charge is 2.14. The molecule has 0 N–H and O–H groups in total. The molecule has 136 valence electrons. The van der Waals surface area contributed by atoms with Crippen molar-refractivity contribution in [3.05, 3.63) is 64.5 Å². The first-order valence-electron chi connectivity index (χ1n) is 9.41. The van der Waals surface area contributed by atoms with Crippen molar-refractivity contribution in [2.24, 2.45) is 0 Å². The van der Waals surface area contributed by atoms with E-state index in [0.29, 0.717) is 16.2 Å². The smallest absolute Gasteiger partial charge is 0.346 e. The van der Waals surface area contributed by atoms with Crippen LogP contribution in [0.1, 0.15) is 24.8 Å². The summed E-state index contributed by atoms with van der Waals surface area (Å²) in [6.45, 7) is 3.22. The van der Waals surface area contributed by atoms with Crippen molar-refractivity contribution >= 4 is 32.5 Å². The van der Waals surface area contributed by atoms with Gasteiger partial charge in [-0.05, 0) is 55.8 Å². The zero-order chi connectivity index (χ0) is 18.2. The number of nitrogens with zero attached hydrogens (tertiary/aromatic N) is 2. The van der Waals surface area contributed by atoms with Crippen LogP contribution >= 0.6 is 11.3 Å². The lowest BCUT2D eigenvalue weighted by molar-refractivity contribution is 0.221. The molecule has 1 fully saturated rings. The molecule has 2 aromatic carbocycles. The van der Waals surface area contributed by atoms with Gasteiger partial charge in [-0.15, -0.1) is 11.3 Å². The first kappa shape index (κ1) is 16.7. The molecule has 0 amide bonds. The molecule has 5 heteroatoms. The number of hydrogen-bond acceptors (Lipinski definition) is 5. The molecule has 4 nitrogen and oxygen atoms in total. The number of rotatable bonds is 3. The molecule has 0 bridgehead atoms. The Hall–Kier alpha value is -2.50. The van der Waals surface area contributed by atoms with Gasteiger partial charge in [-0.1, -0.05) is 30.7 Å².